The summed E-state index contributed by atoms with van der Waals surface area (Å²) >= 11 is 0. The van der Waals surface area contributed by atoms with Crippen LogP contribution in [0, 0.1) is 0 Å². The fourth-order valence-corrected chi connectivity index (χ4v) is 2.96. The molecule has 1 saturated heterocycles. The van der Waals surface area contributed by atoms with Crippen LogP contribution in [-0.2, 0) is 14.3 Å². The van der Waals surface area contributed by atoms with E-state index in [1.807, 2.05) is 0 Å². The molecule has 0 aromatic carbocycles. The maximum absolute atomic E-state index is 11.8. The van der Waals surface area contributed by atoms with Gasteiger partial charge in [0.2, 0.25) is 0 Å². The second-order valence-corrected chi connectivity index (χ2v) is 7.28. The van der Waals surface area contributed by atoms with E-state index in [2.05, 4.69) is 55.5 Å². The molecule has 0 bridgehead atoms. The van der Waals surface area contributed by atoms with Gasteiger partial charge in [0.05, 0.1) is 13.2 Å². The molecule has 0 saturated carbocycles. The Labute approximate surface area is 172 Å². The normalized spacial score (nSPS) is 16.2. The summed E-state index contributed by atoms with van der Waals surface area (Å²) in [5, 5.41) is 0. The fraction of sp³-hybridized carbons (Fsp3) is 0.640. The van der Waals surface area contributed by atoms with Crippen molar-refractivity contribution < 1.29 is 14.3 Å². The van der Waals surface area contributed by atoms with Crippen molar-refractivity contribution in [2.45, 2.75) is 90.1 Å². The molecule has 1 aliphatic heterocycles. The van der Waals surface area contributed by atoms with E-state index in [1.165, 1.54) is 25.7 Å². The Hall–Kier alpha value is -1.61. The second kappa shape index (κ2) is 18.7. The van der Waals surface area contributed by atoms with Crippen molar-refractivity contribution in [1.82, 2.24) is 0 Å². The zero-order chi connectivity index (χ0) is 20.1. The maximum Gasteiger partial charge on any atom is 0.306 e. The summed E-state index contributed by atoms with van der Waals surface area (Å²) in [6.45, 7) is 3.66. The highest BCUT2D eigenvalue weighted by atomic mass is 16.5. The Balaban J connectivity index is 1.91. The van der Waals surface area contributed by atoms with E-state index < -0.39 is 0 Å². The molecule has 0 aliphatic carbocycles. The van der Waals surface area contributed by atoms with Crippen molar-refractivity contribution in [3.63, 3.8) is 0 Å². The molecular formula is C25H40O3. The van der Waals surface area contributed by atoms with Crippen LogP contribution in [0.2, 0.25) is 0 Å². The Morgan fingerprint density at radius 1 is 0.821 bits per heavy atom. The van der Waals surface area contributed by atoms with Gasteiger partial charge in [0.25, 0.3) is 0 Å². The molecule has 158 valence electrons. The van der Waals surface area contributed by atoms with Gasteiger partial charge >= 0.3 is 5.97 Å². The van der Waals surface area contributed by atoms with Crippen LogP contribution in [0.15, 0.2) is 48.6 Å². The van der Waals surface area contributed by atoms with E-state index >= 15 is 0 Å². The van der Waals surface area contributed by atoms with Crippen LogP contribution in [0.25, 0.3) is 0 Å². The zero-order valence-corrected chi connectivity index (χ0v) is 17.8. The van der Waals surface area contributed by atoms with Gasteiger partial charge in [-0.1, -0.05) is 68.4 Å². The van der Waals surface area contributed by atoms with Gasteiger partial charge in [0.1, 0.15) is 6.10 Å². The van der Waals surface area contributed by atoms with E-state index in [1.54, 1.807) is 0 Å². The van der Waals surface area contributed by atoms with Crippen molar-refractivity contribution in [3.05, 3.63) is 48.6 Å². The number of allylic oxidation sites excluding steroid dienone is 8. The first-order chi connectivity index (χ1) is 13.8. The zero-order valence-electron chi connectivity index (χ0n) is 17.8. The number of esters is 1. The second-order valence-electron chi connectivity index (χ2n) is 7.28. The molecule has 0 N–H and O–H groups in total. The molecule has 0 atom stereocenters. The molecule has 1 heterocycles. The molecule has 0 amide bonds. The topological polar surface area (TPSA) is 35.5 Å². The molecule has 28 heavy (non-hydrogen) atoms. The third-order valence-electron chi connectivity index (χ3n) is 4.68. The summed E-state index contributed by atoms with van der Waals surface area (Å²) in [6, 6.07) is 0. The quantitative estimate of drug-likeness (QED) is 0.175. The first-order valence-corrected chi connectivity index (χ1v) is 11.2. The molecule has 1 aliphatic rings. The van der Waals surface area contributed by atoms with Gasteiger partial charge in [-0.05, 0) is 44.9 Å². The minimum Gasteiger partial charge on any atom is -0.462 e. The molecule has 3 heteroatoms. The highest BCUT2D eigenvalue weighted by Crippen LogP contribution is 2.12. The number of carbonyl (C=O) groups is 1. The molecule has 1 fully saturated rings. The minimum atomic E-state index is -0.0669. The number of hydrogen-bond acceptors (Lipinski definition) is 3. The van der Waals surface area contributed by atoms with Crippen molar-refractivity contribution in [2.75, 3.05) is 13.2 Å². The van der Waals surface area contributed by atoms with E-state index in [-0.39, 0.29) is 12.1 Å². The molecule has 0 spiro atoms. The Morgan fingerprint density at radius 2 is 1.36 bits per heavy atom. The van der Waals surface area contributed by atoms with E-state index in [9.17, 15) is 4.79 Å². The van der Waals surface area contributed by atoms with Crippen LogP contribution in [0.4, 0.5) is 0 Å². The summed E-state index contributed by atoms with van der Waals surface area (Å²) in [5.41, 5.74) is 0. The predicted octanol–water partition coefficient (Wildman–Crippen LogP) is 6.85. The molecule has 0 radical (unpaired) electrons. The van der Waals surface area contributed by atoms with Gasteiger partial charge in [-0.3, -0.25) is 4.79 Å². The SMILES string of the molecule is CCCCC/C=C\C/C=C\C/C=C\C/C=C\CCCC(=O)OC1CCOCC1. The van der Waals surface area contributed by atoms with Crippen LogP contribution in [0.3, 0.4) is 0 Å². The van der Waals surface area contributed by atoms with Crippen molar-refractivity contribution in [3.8, 4) is 0 Å². The van der Waals surface area contributed by atoms with Gasteiger partial charge in [0, 0.05) is 19.3 Å². The van der Waals surface area contributed by atoms with E-state index in [0.29, 0.717) is 19.6 Å². The smallest absolute Gasteiger partial charge is 0.306 e. The van der Waals surface area contributed by atoms with Crippen molar-refractivity contribution >= 4 is 5.97 Å². The molecule has 3 nitrogen and oxygen atoms in total. The first-order valence-electron chi connectivity index (χ1n) is 11.2. The first kappa shape index (κ1) is 24.4. The Morgan fingerprint density at radius 3 is 1.93 bits per heavy atom. The summed E-state index contributed by atoms with van der Waals surface area (Å²) in [5.74, 6) is -0.0669. The molecular weight excluding hydrogens is 348 g/mol. The summed E-state index contributed by atoms with van der Waals surface area (Å²) in [7, 11) is 0. The van der Waals surface area contributed by atoms with Crippen molar-refractivity contribution in [2.24, 2.45) is 0 Å². The van der Waals surface area contributed by atoms with Gasteiger partial charge in [-0.2, -0.15) is 0 Å². The molecule has 1 rings (SSSR count). The van der Waals surface area contributed by atoms with Crippen LogP contribution in [-0.4, -0.2) is 25.3 Å². The number of carbonyl (C=O) groups excluding carboxylic acids is 1. The van der Waals surface area contributed by atoms with Crippen LogP contribution >= 0.6 is 0 Å². The van der Waals surface area contributed by atoms with E-state index in [4.69, 9.17) is 9.47 Å². The monoisotopic (exact) mass is 388 g/mol. The molecule has 0 aromatic rings. The van der Waals surface area contributed by atoms with Crippen LogP contribution in [0.5, 0.6) is 0 Å². The fourth-order valence-electron chi connectivity index (χ4n) is 2.96. The number of hydrogen-bond donors (Lipinski definition) is 0. The maximum atomic E-state index is 11.8. The van der Waals surface area contributed by atoms with Crippen LogP contribution < -0.4 is 0 Å². The van der Waals surface area contributed by atoms with Crippen LogP contribution in [0.1, 0.15) is 84.0 Å². The van der Waals surface area contributed by atoms with E-state index in [0.717, 1.165) is 44.9 Å². The lowest BCUT2D eigenvalue weighted by atomic mass is 10.1. The summed E-state index contributed by atoms with van der Waals surface area (Å²) in [4.78, 5) is 11.8. The average Bonchev–Trinajstić information content (AvgIpc) is 2.71. The van der Waals surface area contributed by atoms with Gasteiger partial charge in [-0.25, -0.2) is 0 Å². The largest absolute Gasteiger partial charge is 0.462 e. The predicted molar refractivity (Wildman–Crippen MR) is 118 cm³/mol. The highest BCUT2D eigenvalue weighted by Gasteiger charge is 2.17. The summed E-state index contributed by atoms with van der Waals surface area (Å²) < 4.78 is 10.7. The Bertz CT molecular complexity index is 482. The van der Waals surface area contributed by atoms with Gasteiger partial charge < -0.3 is 9.47 Å². The van der Waals surface area contributed by atoms with Crippen molar-refractivity contribution in [1.29, 1.82) is 0 Å². The highest BCUT2D eigenvalue weighted by molar-refractivity contribution is 5.69. The minimum absolute atomic E-state index is 0.0669. The Kier molecular flexibility index (Phi) is 16.3. The average molecular weight is 389 g/mol. The lowest BCUT2D eigenvalue weighted by Gasteiger charge is -2.22. The molecule has 0 unspecified atom stereocenters. The van der Waals surface area contributed by atoms with Gasteiger partial charge in [0.15, 0.2) is 0 Å². The standard InChI is InChI=1S/C25H40O3/c1-2-3-4-5-6-7-8-9-10-11-12-13-14-15-16-17-18-19-25(26)28-24-20-22-27-23-21-24/h6-7,9-10,12-13,15-16,24H,2-5,8,11,14,17-23H2,1H3/b7-6-,10-9-,13-12-,16-15-. The van der Waals surface area contributed by atoms with Gasteiger partial charge in [-0.15, -0.1) is 0 Å². The lowest BCUT2D eigenvalue weighted by Crippen LogP contribution is -2.25. The number of rotatable bonds is 15. The summed E-state index contributed by atoms with van der Waals surface area (Å²) in [6.07, 6.45) is 29.9. The lowest BCUT2D eigenvalue weighted by molar-refractivity contribution is -0.153. The third kappa shape index (κ3) is 15.4. The number of unbranched alkanes of at least 4 members (excludes halogenated alkanes) is 4. The third-order valence-corrected chi connectivity index (χ3v) is 4.68. The number of ether oxygens (including phenoxy) is 2. The molecule has 0 aromatic heterocycles.